The van der Waals surface area contributed by atoms with Crippen LogP contribution in [0.5, 0.6) is 0 Å². The van der Waals surface area contributed by atoms with Gasteiger partial charge in [-0.05, 0) is 24.3 Å². The van der Waals surface area contributed by atoms with Crippen LogP contribution in [0, 0.1) is 0 Å². The van der Waals surface area contributed by atoms with Gasteiger partial charge in [-0.25, -0.2) is 9.48 Å². The van der Waals surface area contributed by atoms with E-state index in [2.05, 4.69) is 9.84 Å². The van der Waals surface area contributed by atoms with E-state index in [0.717, 1.165) is 10.4 Å². The number of nitrogens with zero attached hydrogens (tertiary/aromatic N) is 4. The first kappa shape index (κ1) is 16.8. The molecule has 0 fully saturated rings. The van der Waals surface area contributed by atoms with Gasteiger partial charge in [-0.1, -0.05) is 18.2 Å². The molecule has 0 spiro atoms. The highest BCUT2D eigenvalue weighted by molar-refractivity contribution is 5.86. The highest BCUT2D eigenvalue weighted by Crippen LogP contribution is 2.25. The van der Waals surface area contributed by atoms with E-state index in [1.807, 2.05) is 35.2 Å². The fraction of sp³-hybridized carbons (Fsp3) is 0.222. The van der Waals surface area contributed by atoms with E-state index in [0.29, 0.717) is 24.8 Å². The van der Waals surface area contributed by atoms with Crippen LogP contribution in [0.1, 0.15) is 16.3 Å². The summed E-state index contributed by atoms with van der Waals surface area (Å²) in [5.74, 6) is 0.110. The van der Waals surface area contributed by atoms with Crippen molar-refractivity contribution in [3.63, 3.8) is 0 Å². The Bertz CT molecular complexity index is 1110. The third-order valence-corrected chi connectivity index (χ3v) is 4.32. The van der Waals surface area contributed by atoms with E-state index in [9.17, 15) is 14.4 Å². The predicted molar refractivity (Wildman–Crippen MR) is 95.4 cm³/mol. The van der Waals surface area contributed by atoms with Gasteiger partial charge in [-0.2, -0.15) is 0 Å². The summed E-state index contributed by atoms with van der Waals surface area (Å²) in [6, 6.07) is 12.5. The minimum atomic E-state index is -0.746. The normalized spacial score (nSPS) is 12.9. The largest absolute Gasteiger partial charge is 0.463 e. The second kappa shape index (κ2) is 6.60. The van der Waals surface area contributed by atoms with Crippen LogP contribution in [0.4, 0.5) is 11.6 Å². The van der Waals surface area contributed by atoms with Crippen LogP contribution in [0.3, 0.4) is 0 Å². The Kier molecular flexibility index (Phi) is 4.11. The van der Waals surface area contributed by atoms with E-state index in [4.69, 9.17) is 4.42 Å². The number of aromatic nitrogens is 3. The van der Waals surface area contributed by atoms with Crippen LogP contribution >= 0.6 is 0 Å². The standard InChI is InChI=1S/C18H16N4O5/c1-26-17(25)14-8-7-13(27-14)11-22-16(24)15(23)21-10-9-20(18(21)19-22)12-5-3-2-4-6-12/h2-8H,9-11H2,1H3. The number of fused-ring (bicyclic) bond motifs is 1. The van der Waals surface area contributed by atoms with Crippen molar-refractivity contribution in [3.8, 4) is 0 Å². The van der Waals surface area contributed by atoms with Gasteiger partial charge in [0, 0.05) is 18.8 Å². The minimum absolute atomic E-state index is 0.0179. The highest BCUT2D eigenvalue weighted by atomic mass is 16.5. The Morgan fingerprint density at radius 1 is 1.11 bits per heavy atom. The van der Waals surface area contributed by atoms with E-state index in [-0.39, 0.29) is 12.3 Å². The fourth-order valence-corrected chi connectivity index (χ4v) is 3.01. The van der Waals surface area contributed by atoms with Gasteiger partial charge in [0.1, 0.15) is 12.3 Å². The third-order valence-electron chi connectivity index (χ3n) is 4.32. The maximum absolute atomic E-state index is 12.5. The highest BCUT2D eigenvalue weighted by Gasteiger charge is 2.26. The van der Waals surface area contributed by atoms with Crippen LogP contribution in [0.2, 0.25) is 0 Å². The molecule has 0 atom stereocenters. The SMILES string of the molecule is COC(=O)c1ccc(Cn2nc3n(c(=O)c2=O)CCN3c2ccccc2)o1. The number of anilines is 2. The molecule has 4 rings (SSSR count). The smallest absolute Gasteiger partial charge is 0.373 e. The van der Waals surface area contributed by atoms with Crippen molar-refractivity contribution in [3.05, 3.63) is 74.7 Å². The second-order valence-corrected chi connectivity index (χ2v) is 5.96. The summed E-state index contributed by atoms with van der Waals surface area (Å²) in [6.45, 7) is 0.865. The maximum Gasteiger partial charge on any atom is 0.373 e. The maximum atomic E-state index is 12.5. The van der Waals surface area contributed by atoms with Crippen molar-refractivity contribution in [2.24, 2.45) is 0 Å². The average Bonchev–Trinajstić information content (AvgIpc) is 3.33. The molecule has 0 unspecified atom stereocenters. The lowest BCUT2D eigenvalue weighted by atomic mass is 10.3. The Morgan fingerprint density at radius 2 is 1.89 bits per heavy atom. The van der Waals surface area contributed by atoms with Crippen LogP contribution in [0.15, 0.2) is 56.5 Å². The van der Waals surface area contributed by atoms with E-state index in [1.165, 1.54) is 17.7 Å². The molecule has 1 aromatic carbocycles. The fourth-order valence-electron chi connectivity index (χ4n) is 3.01. The van der Waals surface area contributed by atoms with Gasteiger partial charge in [0.25, 0.3) is 0 Å². The van der Waals surface area contributed by atoms with Crippen molar-refractivity contribution in [1.29, 1.82) is 0 Å². The number of rotatable bonds is 4. The second-order valence-electron chi connectivity index (χ2n) is 5.96. The van der Waals surface area contributed by atoms with E-state index >= 15 is 0 Å². The molecule has 3 heterocycles. The Labute approximate surface area is 153 Å². The first-order chi connectivity index (χ1) is 13.1. The van der Waals surface area contributed by atoms with Gasteiger partial charge in [0.05, 0.1) is 7.11 Å². The van der Waals surface area contributed by atoms with Gasteiger partial charge in [0.15, 0.2) is 0 Å². The first-order valence-electron chi connectivity index (χ1n) is 8.30. The summed E-state index contributed by atoms with van der Waals surface area (Å²) >= 11 is 0. The van der Waals surface area contributed by atoms with Crippen LogP contribution < -0.4 is 16.0 Å². The molecule has 1 aliphatic rings. The predicted octanol–water partition coefficient (Wildman–Crippen LogP) is 0.985. The van der Waals surface area contributed by atoms with Crippen molar-refractivity contribution in [2.45, 2.75) is 13.1 Å². The average molecular weight is 368 g/mol. The Hall–Kier alpha value is -3.62. The number of hydrogen-bond acceptors (Lipinski definition) is 7. The summed E-state index contributed by atoms with van der Waals surface area (Å²) in [4.78, 5) is 38.2. The molecule has 0 radical (unpaired) electrons. The van der Waals surface area contributed by atoms with Crippen molar-refractivity contribution >= 4 is 17.6 Å². The lowest BCUT2D eigenvalue weighted by Gasteiger charge is -2.17. The molecule has 9 heteroatoms. The van der Waals surface area contributed by atoms with Gasteiger partial charge < -0.3 is 14.1 Å². The molecule has 0 saturated carbocycles. The molecular weight excluding hydrogens is 352 g/mol. The van der Waals surface area contributed by atoms with Gasteiger partial charge in [0.2, 0.25) is 11.7 Å². The zero-order chi connectivity index (χ0) is 19.0. The van der Waals surface area contributed by atoms with E-state index in [1.54, 1.807) is 6.07 Å². The number of carbonyl (C=O) groups is 1. The topological polar surface area (TPSA) is 99.6 Å². The number of methoxy groups -OCH3 is 1. The zero-order valence-corrected chi connectivity index (χ0v) is 14.5. The summed E-state index contributed by atoms with van der Waals surface area (Å²) in [5, 5.41) is 4.36. The lowest BCUT2D eigenvalue weighted by Crippen LogP contribution is -2.42. The number of para-hydroxylation sites is 1. The monoisotopic (exact) mass is 368 g/mol. The molecule has 0 N–H and O–H groups in total. The van der Waals surface area contributed by atoms with Crippen LogP contribution in [-0.4, -0.2) is 34.0 Å². The number of benzene rings is 1. The summed E-state index contributed by atoms with van der Waals surface area (Å²) < 4.78 is 12.4. The number of carbonyl (C=O) groups excluding carboxylic acids is 1. The molecular formula is C18H16N4O5. The van der Waals surface area contributed by atoms with Crippen molar-refractivity contribution in [1.82, 2.24) is 14.3 Å². The summed E-state index contributed by atoms with van der Waals surface area (Å²) in [7, 11) is 1.25. The van der Waals surface area contributed by atoms with Gasteiger partial charge >= 0.3 is 17.1 Å². The molecule has 27 heavy (non-hydrogen) atoms. The molecule has 1 aliphatic heterocycles. The molecule has 3 aromatic rings. The number of hydrogen-bond donors (Lipinski definition) is 0. The Morgan fingerprint density at radius 3 is 2.63 bits per heavy atom. The third kappa shape index (κ3) is 2.92. The summed E-state index contributed by atoms with van der Waals surface area (Å²) in [5.41, 5.74) is -0.505. The molecule has 0 amide bonds. The molecule has 138 valence electrons. The number of furan rings is 1. The van der Waals surface area contributed by atoms with Gasteiger partial charge in [-0.3, -0.25) is 14.2 Å². The van der Waals surface area contributed by atoms with Crippen LogP contribution in [0.25, 0.3) is 0 Å². The molecule has 9 nitrogen and oxygen atoms in total. The van der Waals surface area contributed by atoms with Crippen molar-refractivity contribution < 1.29 is 13.9 Å². The van der Waals surface area contributed by atoms with Gasteiger partial charge in [-0.15, -0.1) is 5.10 Å². The summed E-state index contributed by atoms with van der Waals surface area (Å²) in [6.07, 6.45) is 0. The molecule has 0 bridgehead atoms. The Balaban J connectivity index is 1.72. The molecule has 2 aromatic heterocycles. The number of ether oxygens (including phenoxy) is 1. The van der Waals surface area contributed by atoms with E-state index < -0.39 is 17.1 Å². The minimum Gasteiger partial charge on any atom is -0.463 e. The lowest BCUT2D eigenvalue weighted by molar-refractivity contribution is 0.0562. The molecule has 0 saturated heterocycles. The number of esters is 1. The quantitative estimate of drug-likeness (QED) is 0.500. The first-order valence-corrected chi connectivity index (χ1v) is 8.30. The van der Waals surface area contributed by atoms with Crippen molar-refractivity contribution in [2.75, 3.05) is 18.6 Å². The molecule has 0 aliphatic carbocycles. The zero-order valence-electron chi connectivity index (χ0n) is 14.5. The van der Waals surface area contributed by atoms with Crippen LogP contribution in [-0.2, 0) is 17.8 Å².